The number of amides is 1. The van der Waals surface area contributed by atoms with E-state index in [-0.39, 0.29) is 17.2 Å². The first kappa shape index (κ1) is 20.8. The summed E-state index contributed by atoms with van der Waals surface area (Å²) >= 11 is 0. The molecule has 2 aromatic carbocycles. The second-order valence-corrected chi connectivity index (χ2v) is 7.04. The molecular weight excluding hydrogens is 374 g/mol. The van der Waals surface area contributed by atoms with Gasteiger partial charge in [0.25, 0.3) is 5.91 Å². The van der Waals surface area contributed by atoms with Gasteiger partial charge in [-0.05, 0) is 50.3 Å². The van der Waals surface area contributed by atoms with E-state index in [2.05, 4.69) is 34.7 Å². The number of hydrogen-bond donors (Lipinski definition) is 3. The third kappa shape index (κ3) is 4.74. The fourth-order valence-corrected chi connectivity index (χ4v) is 3.40. The highest BCUT2D eigenvalue weighted by atomic mass is 19.1. The number of rotatable bonds is 8. The van der Waals surface area contributed by atoms with Crippen molar-refractivity contribution in [3.05, 3.63) is 59.8 Å². The first-order valence-corrected chi connectivity index (χ1v) is 9.78. The molecule has 0 fully saturated rings. The van der Waals surface area contributed by atoms with Gasteiger partial charge >= 0.3 is 0 Å². The van der Waals surface area contributed by atoms with Gasteiger partial charge in [0, 0.05) is 30.0 Å². The van der Waals surface area contributed by atoms with Crippen LogP contribution in [0.1, 0.15) is 26.3 Å². The summed E-state index contributed by atoms with van der Waals surface area (Å²) < 4.78 is 28.6. The molecule has 5 nitrogen and oxygen atoms in total. The molecule has 0 spiro atoms. The summed E-state index contributed by atoms with van der Waals surface area (Å²) in [6.07, 6.45) is 1.40. The highest BCUT2D eigenvalue weighted by Crippen LogP contribution is 2.33. The van der Waals surface area contributed by atoms with Gasteiger partial charge in [-0.15, -0.1) is 0 Å². The van der Waals surface area contributed by atoms with E-state index < -0.39 is 17.5 Å². The number of nitrogens with zero attached hydrogens (tertiary/aromatic N) is 1. The first-order chi connectivity index (χ1) is 13.9. The van der Waals surface area contributed by atoms with Gasteiger partial charge in [-0.1, -0.05) is 19.9 Å². The molecule has 29 heavy (non-hydrogen) atoms. The van der Waals surface area contributed by atoms with Crippen LogP contribution < -0.4 is 16.0 Å². The largest absolute Gasteiger partial charge is 0.379 e. The minimum absolute atomic E-state index is 0.0898. The van der Waals surface area contributed by atoms with Crippen LogP contribution >= 0.6 is 0 Å². The Kier molecular flexibility index (Phi) is 6.49. The van der Waals surface area contributed by atoms with E-state index in [1.165, 1.54) is 24.4 Å². The lowest BCUT2D eigenvalue weighted by Gasteiger charge is -2.24. The van der Waals surface area contributed by atoms with Gasteiger partial charge in [0.2, 0.25) is 0 Å². The number of nitrogens with one attached hydrogen (secondary N) is 3. The average Bonchev–Trinajstić information content (AvgIpc) is 3.02. The predicted molar refractivity (Wildman–Crippen MR) is 114 cm³/mol. The molecule has 1 heterocycles. The van der Waals surface area contributed by atoms with Gasteiger partial charge in [0.1, 0.15) is 11.6 Å². The average molecular weight is 400 g/mol. The third-order valence-corrected chi connectivity index (χ3v) is 4.96. The zero-order valence-corrected chi connectivity index (χ0v) is 16.9. The van der Waals surface area contributed by atoms with Gasteiger partial charge in [0.15, 0.2) is 0 Å². The number of likely N-dealkylation sites (N-methyl/N-ethyl adjacent to an activating group) is 1. The van der Waals surface area contributed by atoms with E-state index in [0.717, 1.165) is 19.6 Å². The molecule has 0 radical (unpaired) electrons. The third-order valence-electron chi connectivity index (χ3n) is 4.96. The van der Waals surface area contributed by atoms with Crippen molar-refractivity contribution in [1.82, 2.24) is 4.90 Å². The summed E-state index contributed by atoms with van der Waals surface area (Å²) in [5.41, 5.74) is 1.70. The number of carbonyl (C=O) groups excluding carboxylic acids is 1. The summed E-state index contributed by atoms with van der Waals surface area (Å²) in [5.74, 6) is -1.29. The molecule has 0 saturated heterocycles. The molecular formula is C22H26F2N4O. The number of carbonyl (C=O) groups is 1. The van der Waals surface area contributed by atoms with Gasteiger partial charge in [0.05, 0.1) is 16.9 Å². The summed E-state index contributed by atoms with van der Waals surface area (Å²) in [4.78, 5) is 14.4. The van der Waals surface area contributed by atoms with E-state index in [1.54, 1.807) is 18.2 Å². The van der Waals surface area contributed by atoms with Gasteiger partial charge < -0.3 is 20.9 Å². The molecule has 154 valence electrons. The summed E-state index contributed by atoms with van der Waals surface area (Å²) in [5, 5.41) is 8.70. The zero-order chi connectivity index (χ0) is 21.0. The smallest absolute Gasteiger partial charge is 0.257 e. The van der Waals surface area contributed by atoms with Crippen molar-refractivity contribution in [2.75, 3.05) is 35.6 Å². The Morgan fingerprint density at radius 2 is 1.90 bits per heavy atom. The lowest BCUT2D eigenvalue weighted by Crippen LogP contribution is -2.34. The van der Waals surface area contributed by atoms with Crippen LogP contribution in [0.3, 0.4) is 0 Å². The molecule has 0 saturated carbocycles. The molecule has 1 amide bonds. The van der Waals surface area contributed by atoms with E-state index in [0.29, 0.717) is 17.1 Å². The van der Waals surface area contributed by atoms with E-state index in [9.17, 15) is 13.6 Å². The van der Waals surface area contributed by atoms with Crippen molar-refractivity contribution < 1.29 is 13.6 Å². The monoisotopic (exact) mass is 400 g/mol. The first-order valence-electron chi connectivity index (χ1n) is 9.78. The van der Waals surface area contributed by atoms with Crippen molar-refractivity contribution in [3.63, 3.8) is 0 Å². The second kappa shape index (κ2) is 9.05. The van der Waals surface area contributed by atoms with Crippen molar-refractivity contribution in [2.24, 2.45) is 0 Å². The van der Waals surface area contributed by atoms with Crippen molar-refractivity contribution in [1.29, 1.82) is 0 Å². The van der Waals surface area contributed by atoms with Crippen LogP contribution in [0.5, 0.6) is 0 Å². The number of hydrogen-bond acceptors (Lipinski definition) is 4. The Bertz CT molecular complexity index is 925. The molecule has 3 rings (SSSR count). The maximum absolute atomic E-state index is 14.5. The standard InChI is InChI=1S/C22H26F2N4O/c1-4-28(5-2)13-14(3)26-19-10-9-15(11-18(19)24)25-12-16-21-17(23)7-6-8-20(21)27-22(16)29/h6-12,14,25-26H,4-5,13H2,1-3H3,(H,27,29). The fraction of sp³-hybridized carbons (Fsp3) is 0.318. The SMILES string of the molecule is CCN(CC)CC(C)Nc1ccc(NC=C2C(=O)Nc3cccc(F)c32)cc1F. The Labute approximate surface area is 169 Å². The van der Waals surface area contributed by atoms with Crippen LogP contribution in [0.25, 0.3) is 5.57 Å². The fourth-order valence-electron chi connectivity index (χ4n) is 3.40. The van der Waals surface area contributed by atoms with Gasteiger partial charge in [-0.2, -0.15) is 0 Å². The molecule has 1 atom stereocenters. The van der Waals surface area contributed by atoms with Crippen LogP contribution in [-0.2, 0) is 4.79 Å². The van der Waals surface area contributed by atoms with Crippen LogP contribution in [0, 0.1) is 11.6 Å². The maximum atomic E-state index is 14.5. The Balaban J connectivity index is 1.70. The summed E-state index contributed by atoms with van der Waals surface area (Å²) in [7, 11) is 0. The number of halogens is 2. The number of fused-ring (bicyclic) bond motifs is 1. The molecule has 3 N–H and O–H groups in total. The van der Waals surface area contributed by atoms with Crippen molar-refractivity contribution in [2.45, 2.75) is 26.8 Å². The predicted octanol–water partition coefficient (Wildman–Crippen LogP) is 4.51. The van der Waals surface area contributed by atoms with Crippen molar-refractivity contribution >= 4 is 28.5 Å². The number of anilines is 3. The minimum Gasteiger partial charge on any atom is -0.379 e. The molecule has 2 aromatic rings. The van der Waals surface area contributed by atoms with E-state index in [1.807, 2.05) is 6.92 Å². The highest BCUT2D eigenvalue weighted by Gasteiger charge is 2.27. The summed E-state index contributed by atoms with van der Waals surface area (Å²) in [6.45, 7) is 8.92. The Morgan fingerprint density at radius 3 is 2.59 bits per heavy atom. The topological polar surface area (TPSA) is 56.4 Å². The van der Waals surface area contributed by atoms with Gasteiger partial charge in [-0.25, -0.2) is 8.78 Å². The van der Waals surface area contributed by atoms with E-state index >= 15 is 0 Å². The lowest BCUT2D eigenvalue weighted by atomic mass is 10.1. The molecule has 1 unspecified atom stereocenters. The lowest BCUT2D eigenvalue weighted by molar-refractivity contribution is -0.110. The molecule has 0 bridgehead atoms. The molecule has 1 aliphatic rings. The highest BCUT2D eigenvalue weighted by molar-refractivity contribution is 6.31. The van der Waals surface area contributed by atoms with Crippen LogP contribution in [-0.4, -0.2) is 36.5 Å². The Morgan fingerprint density at radius 1 is 1.14 bits per heavy atom. The quantitative estimate of drug-likeness (QED) is 0.571. The number of benzene rings is 2. The van der Waals surface area contributed by atoms with Crippen molar-refractivity contribution in [3.8, 4) is 0 Å². The second-order valence-electron chi connectivity index (χ2n) is 7.04. The van der Waals surface area contributed by atoms with E-state index in [4.69, 9.17) is 0 Å². The molecule has 0 aliphatic carbocycles. The maximum Gasteiger partial charge on any atom is 0.257 e. The normalized spacial score (nSPS) is 15.4. The Hall–Kier alpha value is -2.93. The minimum atomic E-state index is -0.484. The van der Waals surface area contributed by atoms with Gasteiger partial charge in [-0.3, -0.25) is 4.79 Å². The van der Waals surface area contributed by atoms with Crippen LogP contribution in [0.4, 0.5) is 25.8 Å². The zero-order valence-electron chi connectivity index (χ0n) is 16.9. The molecule has 7 heteroatoms. The molecule has 0 aromatic heterocycles. The molecule has 1 aliphatic heterocycles. The van der Waals surface area contributed by atoms with Crippen LogP contribution in [0.15, 0.2) is 42.6 Å². The summed E-state index contributed by atoms with van der Waals surface area (Å²) in [6, 6.07) is 9.27. The van der Waals surface area contributed by atoms with Crippen LogP contribution in [0.2, 0.25) is 0 Å².